The van der Waals surface area contributed by atoms with E-state index in [2.05, 4.69) is 15.9 Å². The summed E-state index contributed by atoms with van der Waals surface area (Å²) < 4.78 is 4.96. The first-order chi connectivity index (χ1) is 8.10. The Hall–Kier alpha value is -1.14. The van der Waals surface area contributed by atoms with Gasteiger partial charge in [0.2, 0.25) is 0 Å². The van der Waals surface area contributed by atoms with E-state index in [1.807, 2.05) is 18.0 Å². The van der Waals surface area contributed by atoms with Crippen molar-refractivity contribution >= 4 is 27.3 Å². The smallest absolute Gasteiger partial charge is 0.292 e. The lowest BCUT2D eigenvalue weighted by Gasteiger charge is -2.18. The third-order valence-electron chi connectivity index (χ3n) is 2.43. The molecule has 0 aliphatic heterocycles. The van der Waals surface area contributed by atoms with Crippen LogP contribution in [0.1, 0.15) is 5.56 Å². The molecule has 5 nitrogen and oxygen atoms in total. The first kappa shape index (κ1) is 13.9. The summed E-state index contributed by atoms with van der Waals surface area (Å²) in [6.45, 7) is 1.15. The average molecular weight is 303 g/mol. The van der Waals surface area contributed by atoms with Gasteiger partial charge in [-0.15, -0.1) is 0 Å². The molecule has 1 aromatic carbocycles. The second kappa shape index (κ2) is 6.56. The summed E-state index contributed by atoms with van der Waals surface area (Å²) in [6, 6.07) is 5.23. The zero-order chi connectivity index (χ0) is 12.8. The van der Waals surface area contributed by atoms with Gasteiger partial charge < -0.3 is 9.64 Å². The monoisotopic (exact) mass is 302 g/mol. The molecule has 1 rings (SSSR count). The van der Waals surface area contributed by atoms with Crippen LogP contribution >= 0.6 is 15.9 Å². The van der Waals surface area contributed by atoms with Crippen LogP contribution in [0.25, 0.3) is 0 Å². The molecule has 0 fully saturated rings. The van der Waals surface area contributed by atoms with E-state index in [1.54, 1.807) is 19.2 Å². The molecule has 0 aromatic heterocycles. The summed E-state index contributed by atoms with van der Waals surface area (Å²) in [5, 5.41) is 11.6. The van der Waals surface area contributed by atoms with E-state index < -0.39 is 0 Å². The van der Waals surface area contributed by atoms with Crippen molar-refractivity contribution in [1.82, 2.24) is 0 Å². The topological polar surface area (TPSA) is 55.6 Å². The molecule has 0 aliphatic carbocycles. The van der Waals surface area contributed by atoms with E-state index in [0.717, 1.165) is 5.56 Å². The van der Waals surface area contributed by atoms with Gasteiger partial charge in [0.15, 0.2) is 0 Å². The van der Waals surface area contributed by atoms with Crippen LogP contribution in [-0.4, -0.2) is 32.2 Å². The van der Waals surface area contributed by atoms with Gasteiger partial charge in [0.25, 0.3) is 5.69 Å². The molecule has 0 saturated heterocycles. The fourth-order valence-corrected chi connectivity index (χ4v) is 1.82. The molecule has 1 aromatic rings. The molecule has 0 aliphatic rings. The number of hydrogen-bond donors (Lipinski definition) is 0. The Bertz CT molecular complexity index is 398. The Balaban J connectivity index is 3.01. The first-order valence-electron chi connectivity index (χ1n) is 5.13. The number of hydrogen-bond acceptors (Lipinski definition) is 4. The third-order valence-corrected chi connectivity index (χ3v) is 3.08. The maximum Gasteiger partial charge on any atom is 0.292 e. The molecule has 0 heterocycles. The first-order valence-corrected chi connectivity index (χ1v) is 6.25. The summed E-state index contributed by atoms with van der Waals surface area (Å²) in [5.41, 5.74) is 1.62. The van der Waals surface area contributed by atoms with Gasteiger partial charge in [0.1, 0.15) is 5.69 Å². The van der Waals surface area contributed by atoms with Gasteiger partial charge in [-0.25, -0.2) is 0 Å². The minimum absolute atomic E-state index is 0.126. The quantitative estimate of drug-likeness (QED) is 0.460. The lowest BCUT2D eigenvalue weighted by molar-refractivity contribution is -0.384. The Morgan fingerprint density at radius 2 is 2.24 bits per heavy atom. The van der Waals surface area contributed by atoms with Crippen molar-refractivity contribution in [3.05, 3.63) is 33.9 Å². The highest BCUT2D eigenvalue weighted by Gasteiger charge is 2.17. The van der Waals surface area contributed by atoms with Crippen molar-refractivity contribution in [3.63, 3.8) is 0 Å². The number of ether oxygens (including phenoxy) is 1. The van der Waals surface area contributed by atoms with Gasteiger partial charge in [-0.3, -0.25) is 10.1 Å². The number of nitro groups is 1. The van der Waals surface area contributed by atoms with E-state index in [4.69, 9.17) is 4.74 Å². The maximum absolute atomic E-state index is 11.0. The highest BCUT2D eigenvalue weighted by Crippen LogP contribution is 2.29. The van der Waals surface area contributed by atoms with Gasteiger partial charge in [0.05, 0.1) is 11.5 Å². The normalized spacial score (nSPS) is 10.3. The summed E-state index contributed by atoms with van der Waals surface area (Å²) in [7, 11) is 3.42. The highest BCUT2D eigenvalue weighted by molar-refractivity contribution is 9.08. The lowest BCUT2D eigenvalue weighted by atomic mass is 10.2. The number of alkyl halides is 1. The molecule has 0 spiro atoms. The van der Waals surface area contributed by atoms with Crippen LogP contribution in [0.15, 0.2) is 18.2 Å². The average Bonchev–Trinajstić information content (AvgIpc) is 2.35. The van der Waals surface area contributed by atoms with E-state index in [9.17, 15) is 10.1 Å². The standard InChI is InChI=1S/C11H15BrN2O3/c1-13(5-6-17-2)10-4-3-9(8-12)7-11(10)14(15)16/h3-4,7H,5-6,8H2,1-2H3. The number of benzene rings is 1. The van der Waals surface area contributed by atoms with Gasteiger partial charge in [-0.05, 0) is 11.6 Å². The Morgan fingerprint density at radius 3 is 2.76 bits per heavy atom. The Labute approximate surface area is 109 Å². The van der Waals surface area contributed by atoms with Gasteiger partial charge in [-0.2, -0.15) is 0 Å². The highest BCUT2D eigenvalue weighted by atomic mass is 79.9. The van der Waals surface area contributed by atoms with Gasteiger partial charge >= 0.3 is 0 Å². The second-order valence-corrected chi connectivity index (χ2v) is 4.19. The van der Waals surface area contributed by atoms with Crippen LogP contribution < -0.4 is 4.90 Å². The van der Waals surface area contributed by atoms with Crippen molar-refractivity contribution in [2.24, 2.45) is 0 Å². The van der Waals surface area contributed by atoms with E-state index in [-0.39, 0.29) is 10.6 Å². The summed E-state index contributed by atoms with van der Waals surface area (Å²) in [5.74, 6) is 0. The number of likely N-dealkylation sites (N-methyl/N-ethyl adjacent to an activating group) is 1. The van der Waals surface area contributed by atoms with Crippen molar-refractivity contribution in [1.29, 1.82) is 0 Å². The molecule has 0 atom stereocenters. The summed E-state index contributed by atoms with van der Waals surface area (Å²) in [4.78, 5) is 12.5. The maximum atomic E-state index is 11.0. The van der Waals surface area contributed by atoms with Crippen LogP contribution in [0.2, 0.25) is 0 Å². The number of halogens is 1. The molecule has 0 radical (unpaired) electrons. The zero-order valence-corrected chi connectivity index (χ0v) is 11.4. The molecule has 0 bridgehead atoms. The van der Waals surface area contributed by atoms with Crippen LogP contribution in [0.3, 0.4) is 0 Å². The number of nitrogens with zero attached hydrogens (tertiary/aromatic N) is 2. The van der Waals surface area contributed by atoms with Crippen molar-refractivity contribution < 1.29 is 9.66 Å². The fraction of sp³-hybridized carbons (Fsp3) is 0.455. The number of anilines is 1. The molecule has 6 heteroatoms. The summed E-state index contributed by atoms with van der Waals surface area (Å²) >= 11 is 3.29. The van der Waals surface area contributed by atoms with Gasteiger partial charge in [-0.1, -0.05) is 22.0 Å². The largest absolute Gasteiger partial charge is 0.383 e. The SMILES string of the molecule is COCCN(C)c1ccc(CBr)cc1[N+](=O)[O-]. The van der Waals surface area contributed by atoms with Crippen LogP contribution in [0.5, 0.6) is 0 Å². The van der Waals surface area contributed by atoms with E-state index in [0.29, 0.717) is 24.2 Å². The number of methoxy groups -OCH3 is 1. The predicted octanol–water partition coefficient (Wildman–Crippen LogP) is 2.57. The molecule has 0 saturated carbocycles. The number of nitro benzene ring substituents is 1. The molecule has 94 valence electrons. The fourth-order valence-electron chi connectivity index (χ4n) is 1.47. The Kier molecular flexibility index (Phi) is 5.37. The second-order valence-electron chi connectivity index (χ2n) is 3.63. The van der Waals surface area contributed by atoms with Gasteiger partial charge in [0, 0.05) is 32.1 Å². The van der Waals surface area contributed by atoms with Crippen LogP contribution in [-0.2, 0) is 10.1 Å². The molecule has 0 N–H and O–H groups in total. The Morgan fingerprint density at radius 1 is 1.53 bits per heavy atom. The van der Waals surface area contributed by atoms with Crippen LogP contribution in [0.4, 0.5) is 11.4 Å². The summed E-state index contributed by atoms with van der Waals surface area (Å²) in [6.07, 6.45) is 0. The zero-order valence-electron chi connectivity index (χ0n) is 9.85. The van der Waals surface area contributed by atoms with E-state index >= 15 is 0 Å². The van der Waals surface area contributed by atoms with Crippen LogP contribution in [0, 0.1) is 10.1 Å². The molecule has 17 heavy (non-hydrogen) atoms. The predicted molar refractivity (Wildman–Crippen MR) is 70.9 cm³/mol. The molecule has 0 amide bonds. The molecule has 0 unspecified atom stereocenters. The van der Waals surface area contributed by atoms with Crippen molar-refractivity contribution in [3.8, 4) is 0 Å². The van der Waals surface area contributed by atoms with Crippen molar-refractivity contribution in [2.45, 2.75) is 5.33 Å². The van der Waals surface area contributed by atoms with E-state index in [1.165, 1.54) is 0 Å². The lowest BCUT2D eigenvalue weighted by Crippen LogP contribution is -2.22. The molecular formula is C11H15BrN2O3. The molecular weight excluding hydrogens is 288 g/mol. The number of rotatable bonds is 6. The third kappa shape index (κ3) is 3.67. The van der Waals surface area contributed by atoms with Crippen molar-refractivity contribution in [2.75, 3.05) is 32.2 Å². The minimum atomic E-state index is -0.356. The minimum Gasteiger partial charge on any atom is -0.383 e.